The molecule has 2 unspecified atom stereocenters. The van der Waals surface area contributed by atoms with Crippen LogP contribution in [-0.2, 0) is 28.9 Å². The zero-order chi connectivity index (χ0) is 23.8. The monoisotopic (exact) mass is 466 g/mol. The fourth-order valence-corrected chi connectivity index (χ4v) is 5.17. The van der Waals surface area contributed by atoms with Crippen molar-refractivity contribution in [3.63, 3.8) is 0 Å². The number of benzene rings is 2. The number of hydrogen-bond donors (Lipinski definition) is 2. The van der Waals surface area contributed by atoms with Crippen LogP contribution in [0, 0.1) is 5.82 Å². The van der Waals surface area contributed by atoms with Crippen molar-refractivity contribution < 1.29 is 28.6 Å². The van der Waals surface area contributed by atoms with Crippen LogP contribution in [0.4, 0.5) is 4.39 Å². The van der Waals surface area contributed by atoms with Gasteiger partial charge < -0.3 is 24.5 Å². The number of carbonyl (C=O) groups excluding carboxylic acids is 1. The predicted molar refractivity (Wildman–Crippen MR) is 124 cm³/mol. The van der Waals surface area contributed by atoms with E-state index in [0.29, 0.717) is 44.3 Å². The highest BCUT2D eigenvalue weighted by molar-refractivity contribution is 5.88. The third-order valence-electron chi connectivity index (χ3n) is 6.79. The summed E-state index contributed by atoms with van der Waals surface area (Å²) >= 11 is 0. The third kappa shape index (κ3) is 4.08. The summed E-state index contributed by atoms with van der Waals surface area (Å²) in [6, 6.07) is 9.41. The summed E-state index contributed by atoms with van der Waals surface area (Å²) in [5, 5.41) is 13.6. The second kappa shape index (κ2) is 9.00. The molecular formula is C26H27FN2O5. The number of nitrogens with one attached hydrogen (secondary N) is 1. The number of aromatic nitrogens is 1. The molecule has 1 aliphatic carbocycles. The van der Waals surface area contributed by atoms with Crippen LogP contribution in [-0.4, -0.2) is 34.4 Å². The van der Waals surface area contributed by atoms with Crippen LogP contribution in [0.5, 0.6) is 11.5 Å². The number of aryl methyl sites for hydroxylation is 1. The molecule has 1 aliphatic heterocycles. The Morgan fingerprint density at radius 2 is 2.03 bits per heavy atom. The van der Waals surface area contributed by atoms with Gasteiger partial charge in [-0.2, -0.15) is 0 Å². The van der Waals surface area contributed by atoms with Gasteiger partial charge in [0.2, 0.25) is 12.7 Å². The van der Waals surface area contributed by atoms with Gasteiger partial charge in [0.25, 0.3) is 0 Å². The Labute approximate surface area is 196 Å². The fraction of sp³-hybridized carbons (Fsp3) is 0.385. The van der Waals surface area contributed by atoms with Crippen LogP contribution >= 0.6 is 0 Å². The Morgan fingerprint density at radius 1 is 1.21 bits per heavy atom. The van der Waals surface area contributed by atoms with E-state index < -0.39 is 12.0 Å². The predicted octanol–water partition coefficient (Wildman–Crippen LogP) is 4.15. The SMILES string of the molecule is CCC(C(=O)O)n1c2c(c3cc(F)ccc31)CC(NC(=O)CCc1ccc3c(c1)OCO3)CC2. The second-order valence-electron chi connectivity index (χ2n) is 8.91. The summed E-state index contributed by atoms with van der Waals surface area (Å²) in [4.78, 5) is 24.6. The maximum atomic E-state index is 14.1. The summed E-state index contributed by atoms with van der Waals surface area (Å²) < 4.78 is 26.7. The van der Waals surface area contributed by atoms with Gasteiger partial charge in [0, 0.05) is 29.1 Å². The minimum atomic E-state index is -0.898. The Hall–Kier alpha value is -3.55. The first-order valence-corrected chi connectivity index (χ1v) is 11.7. The Balaban J connectivity index is 1.31. The van der Waals surface area contributed by atoms with E-state index in [1.807, 2.05) is 29.7 Å². The molecule has 3 aromatic rings. The van der Waals surface area contributed by atoms with E-state index in [9.17, 15) is 19.1 Å². The minimum absolute atomic E-state index is 0.0435. The molecule has 34 heavy (non-hydrogen) atoms. The van der Waals surface area contributed by atoms with Crippen LogP contribution in [0.2, 0.25) is 0 Å². The molecule has 2 aliphatic rings. The first-order chi connectivity index (χ1) is 16.4. The number of nitrogens with zero attached hydrogens (tertiary/aromatic N) is 1. The van der Waals surface area contributed by atoms with E-state index in [0.717, 1.165) is 33.5 Å². The maximum Gasteiger partial charge on any atom is 0.326 e. The number of aliphatic carboxylic acids is 1. The molecule has 5 rings (SSSR count). The number of rotatable bonds is 7. The van der Waals surface area contributed by atoms with Crippen LogP contribution < -0.4 is 14.8 Å². The first kappa shape index (κ1) is 22.3. The number of carboxylic acid groups (broad SMARTS) is 1. The molecule has 2 atom stereocenters. The number of fused-ring (bicyclic) bond motifs is 4. The molecule has 0 spiro atoms. The van der Waals surface area contributed by atoms with E-state index in [1.54, 1.807) is 6.07 Å². The van der Waals surface area contributed by atoms with Crippen molar-refractivity contribution in [3.05, 3.63) is 59.0 Å². The molecule has 1 amide bonds. The van der Waals surface area contributed by atoms with Gasteiger partial charge in [-0.05, 0) is 73.6 Å². The van der Waals surface area contributed by atoms with Crippen molar-refractivity contribution in [1.82, 2.24) is 9.88 Å². The zero-order valence-electron chi connectivity index (χ0n) is 19.0. The molecule has 0 fully saturated rings. The van der Waals surface area contributed by atoms with Crippen LogP contribution in [0.1, 0.15) is 49.0 Å². The normalized spacial score (nSPS) is 17.4. The molecule has 178 valence electrons. The first-order valence-electron chi connectivity index (χ1n) is 11.7. The average Bonchev–Trinajstić information content (AvgIpc) is 3.40. The zero-order valence-corrected chi connectivity index (χ0v) is 19.0. The molecule has 1 aromatic heterocycles. The van der Waals surface area contributed by atoms with Crippen LogP contribution in [0.25, 0.3) is 10.9 Å². The summed E-state index contributed by atoms with van der Waals surface area (Å²) in [5.74, 6) is 0.122. The van der Waals surface area contributed by atoms with Crippen LogP contribution in [0.3, 0.4) is 0 Å². The summed E-state index contributed by atoms with van der Waals surface area (Å²) in [6.45, 7) is 2.06. The molecule has 0 saturated heterocycles. The average molecular weight is 467 g/mol. The topological polar surface area (TPSA) is 89.8 Å². The standard InChI is InChI=1S/C26H27FN2O5/c1-2-20(26(31)32)29-21-7-5-16(27)12-18(21)19-13-17(6-8-22(19)29)28-25(30)10-4-15-3-9-23-24(11-15)34-14-33-23/h3,5,7,9,11-12,17,20H,2,4,6,8,10,13-14H2,1H3,(H,28,30)(H,31,32). The third-order valence-corrected chi connectivity index (χ3v) is 6.79. The molecule has 0 radical (unpaired) electrons. The molecule has 8 heteroatoms. The quantitative estimate of drug-likeness (QED) is 0.546. The smallest absolute Gasteiger partial charge is 0.326 e. The Bertz CT molecular complexity index is 1270. The van der Waals surface area contributed by atoms with Gasteiger partial charge in [-0.1, -0.05) is 13.0 Å². The van der Waals surface area contributed by atoms with Gasteiger partial charge in [0.05, 0.1) is 0 Å². The number of halogens is 1. The van der Waals surface area contributed by atoms with Crippen molar-refractivity contribution in [3.8, 4) is 11.5 Å². The number of ether oxygens (including phenoxy) is 2. The van der Waals surface area contributed by atoms with Gasteiger partial charge >= 0.3 is 5.97 Å². The van der Waals surface area contributed by atoms with Crippen molar-refractivity contribution in [2.45, 2.75) is 57.5 Å². The lowest BCUT2D eigenvalue weighted by Crippen LogP contribution is -2.39. The summed E-state index contributed by atoms with van der Waals surface area (Å²) in [6.07, 6.45) is 3.25. The van der Waals surface area contributed by atoms with Crippen LogP contribution in [0.15, 0.2) is 36.4 Å². The van der Waals surface area contributed by atoms with Crippen molar-refractivity contribution in [1.29, 1.82) is 0 Å². The molecule has 0 bridgehead atoms. The number of carbonyl (C=O) groups is 2. The lowest BCUT2D eigenvalue weighted by atomic mass is 9.91. The minimum Gasteiger partial charge on any atom is -0.480 e. The lowest BCUT2D eigenvalue weighted by molar-refractivity contribution is -0.141. The highest BCUT2D eigenvalue weighted by atomic mass is 19.1. The fourth-order valence-electron chi connectivity index (χ4n) is 5.17. The number of hydrogen-bond acceptors (Lipinski definition) is 4. The highest BCUT2D eigenvalue weighted by Crippen LogP contribution is 2.36. The lowest BCUT2D eigenvalue weighted by Gasteiger charge is -2.26. The van der Waals surface area contributed by atoms with Gasteiger partial charge in [0.1, 0.15) is 11.9 Å². The second-order valence-corrected chi connectivity index (χ2v) is 8.91. The van der Waals surface area contributed by atoms with Gasteiger partial charge in [-0.3, -0.25) is 4.79 Å². The molecule has 7 nitrogen and oxygen atoms in total. The number of carboxylic acids is 1. The largest absolute Gasteiger partial charge is 0.480 e. The summed E-state index contributed by atoms with van der Waals surface area (Å²) in [7, 11) is 0. The van der Waals surface area contributed by atoms with E-state index in [1.165, 1.54) is 12.1 Å². The number of amides is 1. The van der Waals surface area contributed by atoms with Gasteiger partial charge in [-0.15, -0.1) is 0 Å². The van der Waals surface area contributed by atoms with E-state index in [4.69, 9.17) is 9.47 Å². The molecule has 2 aromatic carbocycles. The molecular weight excluding hydrogens is 439 g/mol. The maximum absolute atomic E-state index is 14.1. The van der Waals surface area contributed by atoms with Gasteiger partial charge in [0.15, 0.2) is 11.5 Å². The Morgan fingerprint density at radius 3 is 2.82 bits per heavy atom. The van der Waals surface area contributed by atoms with E-state index in [2.05, 4.69) is 5.32 Å². The highest BCUT2D eigenvalue weighted by Gasteiger charge is 2.31. The molecule has 0 saturated carbocycles. The van der Waals surface area contributed by atoms with Crippen molar-refractivity contribution in [2.24, 2.45) is 0 Å². The van der Waals surface area contributed by atoms with E-state index >= 15 is 0 Å². The Kier molecular flexibility index (Phi) is 5.89. The van der Waals surface area contributed by atoms with Crippen molar-refractivity contribution >= 4 is 22.8 Å². The molecule has 2 N–H and O–H groups in total. The van der Waals surface area contributed by atoms with Gasteiger partial charge in [-0.25, -0.2) is 9.18 Å². The molecule has 2 heterocycles. The van der Waals surface area contributed by atoms with E-state index in [-0.39, 0.29) is 24.6 Å². The summed E-state index contributed by atoms with van der Waals surface area (Å²) in [5.41, 5.74) is 3.60. The van der Waals surface area contributed by atoms with Crippen molar-refractivity contribution in [2.75, 3.05) is 6.79 Å².